The van der Waals surface area contributed by atoms with Crippen molar-refractivity contribution >= 4 is 11.6 Å². The van der Waals surface area contributed by atoms with Crippen molar-refractivity contribution in [1.29, 1.82) is 0 Å². The lowest BCUT2D eigenvalue weighted by Crippen LogP contribution is -2.16. The number of benzene rings is 1. The van der Waals surface area contributed by atoms with Gasteiger partial charge in [-0.3, -0.25) is 9.48 Å². The largest absolute Gasteiger partial charge is 0.315 e. The van der Waals surface area contributed by atoms with Gasteiger partial charge >= 0.3 is 0 Å². The normalized spacial score (nSPS) is 10.7. The molecular weight excluding hydrogens is 278 g/mol. The number of hydrogen-bond acceptors (Lipinski definition) is 2. The van der Waals surface area contributed by atoms with E-state index in [-0.39, 0.29) is 11.8 Å². The van der Waals surface area contributed by atoms with Crippen LogP contribution in [0, 0.1) is 23.3 Å². The zero-order valence-corrected chi connectivity index (χ0v) is 10.3. The van der Waals surface area contributed by atoms with Crippen LogP contribution in [-0.2, 0) is 6.54 Å². The zero-order chi connectivity index (χ0) is 14.9. The molecule has 0 atom stereocenters. The van der Waals surface area contributed by atoms with E-state index in [1.54, 1.807) is 12.2 Å². The first-order chi connectivity index (χ1) is 9.43. The van der Waals surface area contributed by atoms with Gasteiger partial charge in [0.15, 0.2) is 29.0 Å². The first-order valence-electron chi connectivity index (χ1n) is 5.61. The standard InChI is InChI=1S/C12H9F4N3O/c1-2-19-4-3-8(18-19)12(20)17-11-9(15)6(13)5-7(14)10(11)16/h3-5H,2H2,1H3,(H,17,20). The summed E-state index contributed by atoms with van der Waals surface area (Å²) in [5, 5.41) is 5.57. The van der Waals surface area contributed by atoms with Crippen molar-refractivity contribution in [2.24, 2.45) is 0 Å². The molecule has 1 aromatic heterocycles. The molecule has 0 saturated carbocycles. The van der Waals surface area contributed by atoms with Gasteiger partial charge in [-0.25, -0.2) is 17.6 Å². The SMILES string of the molecule is CCn1ccc(C(=O)Nc2c(F)c(F)cc(F)c2F)n1. The number of carbonyl (C=O) groups excluding carboxylic acids is 1. The second-order valence-electron chi connectivity index (χ2n) is 3.85. The molecule has 0 aliphatic carbocycles. The third kappa shape index (κ3) is 2.49. The smallest absolute Gasteiger partial charge is 0.276 e. The molecule has 1 N–H and O–H groups in total. The van der Waals surface area contributed by atoms with Gasteiger partial charge in [-0.2, -0.15) is 5.10 Å². The predicted molar refractivity (Wildman–Crippen MR) is 62.1 cm³/mol. The van der Waals surface area contributed by atoms with Crippen molar-refractivity contribution in [2.75, 3.05) is 5.32 Å². The van der Waals surface area contributed by atoms with Crippen molar-refractivity contribution in [3.8, 4) is 0 Å². The van der Waals surface area contributed by atoms with Gasteiger partial charge in [-0.1, -0.05) is 0 Å². The summed E-state index contributed by atoms with van der Waals surface area (Å²) < 4.78 is 54.1. The number of hydrogen-bond donors (Lipinski definition) is 1. The minimum Gasteiger partial charge on any atom is -0.315 e. The maximum Gasteiger partial charge on any atom is 0.276 e. The molecule has 20 heavy (non-hydrogen) atoms. The number of aryl methyl sites for hydroxylation is 1. The molecule has 0 bridgehead atoms. The van der Waals surface area contributed by atoms with Gasteiger partial charge in [-0.05, 0) is 13.0 Å². The van der Waals surface area contributed by atoms with Crippen LogP contribution < -0.4 is 5.32 Å². The van der Waals surface area contributed by atoms with E-state index in [1.807, 2.05) is 0 Å². The van der Waals surface area contributed by atoms with Crippen LogP contribution in [0.1, 0.15) is 17.4 Å². The van der Waals surface area contributed by atoms with E-state index in [2.05, 4.69) is 5.10 Å². The highest BCUT2D eigenvalue weighted by atomic mass is 19.2. The first kappa shape index (κ1) is 14.0. The Labute approximate surface area is 111 Å². The summed E-state index contributed by atoms with van der Waals surface area (Å²) in [4.78, 5) is 11.7. The topological polar surface area (TPSA) is 46.9 Å². The number of anilines is 1. The summed E-state index contributed by atoms with van der Waals surface area (Å²) in [6.07, 6.45) is 1.48. The van der Waals surface area contributed by atoms with Gasteiger partial charge in [0.1, 0.15) is 5.69 Å². The van der Waals surface area contributed by atoms with Crippen LogP contribution >= 0.6 is 0 Å². The summed E-state index contributed by atoms with van der Waals surface area (Å²) in [6.45, 7) is 2.26. The van der Waals surface area contributed by atoms with Crippen LogP contribution in [0.25, 0.3) is 0 Å². The number of aromatic nitrogens is 2. The summed E-state index contributed by atoms with van der Waals surface area (Å²) in [7, 11) is 0. The van der Waals surface area contributed by atoms with Gasteiger partial charge in [0.05, 0.1) is 0 Å². The fourth-order valence-corrected chi connectivity index (χ4v) is 1.52. The predicted octanol–water partition coefficient (Wildman–Crippen LogP) is 2.71. The Balaban J connectivity index is 2.32. The van der Waals surface area contributed by atoms with Crippen molar-refractivity contribution in [3.05, 3.63) is 47.3 Å². The molecule has 0 aliphatic heterocycles. The Morgan fingerprint density at radius 2 is 1.85 bits per heavy atom. The highest BCUT2D eigenvalue weighted by Crippen LogP contribution is 2.24. The average molecular weight is 287 g/mol. The fraction of sp³-hybridized carbons (Fsp3) is 0.167. The maximum absolute atomic E-state index is 13.4. The van der Waals surface area contributed by atoms with E-state index in [0.29, 0.717) is 6.54 Å². The van der Waals surface area contributed by atoms with Crippen LogP contribution in [0.3, 0.4) is 0 Å². The Bertz CT molecular complexity index is 643. The van der Waals surface area contributed by atoms with Gasteiger partial charge in [-0.15, -0.1) is 0 Å². The van der Waals surface area contributed by atoms with E-state index in [4.69, 9.17) is 0 Å². The van der Waals surface area contributed by atoms with Gasteiger partial charge in [0.2, 0.25) is 0 Å². The highest BCUT2D eigenvalue weighted by molar-refractivity contribution is 6.02. The molecule has 4 nitrogen and oxygen atoms in total. The summed E-state index contributed by atoms with van der Waals surface area (Å²) in [6, 6.07) is 1.37. The molecule has 0 aliphatic rings. The molecule has 106 valence electrons. The summed E-state index contributed by atoms with van der Waals surface area (Å²) >= 11 is 0. The Hall–Kier alpha value is -2.38. The van der Waals surface area contributed by atoms with Gasteiger partial charge in [0.25, 0.3) is 5.91 Å². The molecule has 1 amide bonds. The minimum absolute atomic E-state index is 0.0616. The second kappa shape index (κ2) is 5.32. The highest BCUT2D eigenvalue weighted by Gasteiger charge is 2.22. The average Bonchev–Trinajstić information content (AvgIpc) is 2.90. The van der Waals surface area contributed by atoms with E-state index in [9.17, 15) is 22.4 Å². The molecule has 8 heteroatoms. The second-order valence-corrected chi connectivity index (χ2v) is 3.85. The molecular formula is C12H9F4N3O. The summed E-state index contributed by atoms with van der Waals surface area (Å²) in [5.74, 6) is -7.52. The van der Waals surface area contributed by atoms with E-state index >= 15 is 0 Å². The molecule has 0 saturated heterocycles. The van der Waals surface area contributed by atoms with Crippen LogP contribution in [-0.4, -0.2) is 15.7 Å². The van der Waals surface area contributed by atoms with Crippen LogP contribution in [0.2, 0.25) is 0 Å². The van der Waals surface area contributed by atoms with E-state index < -0.39 is 34.9 Å². The molecule has 2 aromatic rings. The van der Waals surface area contributed by atoms with Crippen molar-refractivity contribution in [2.45, 2.75) is 13.5 Å². The number of amides is 1. The number of rotatable bonds is 3. The number of nitrogens with zero attached hydrogens (tertiary/aromatic N) is 2. The van der Waals surface area contributed by atoms with Crippen molar-refractivity contribution < 1.29 is 22.4 Å². The van der Waals surface area contributed by atoms with E-state index in [1.165, 1.54) is 16.9 Å². The van der Waals surface area contributed by atoms with Crippen molar-refractivity contribution in [3.63, 3.8) is 0 Å². The monoisotopic (exact) mass is 287 g/mol. The number of carbonyl (C=O) groups is 1. The lowest BCUT2D eigenvalue weighted by atomic mass is 10.2. The lowest BCUT2D eigenvalue weighted by Gasteiger charge is -2.07. The number of halogens is 4. The zero-order valence-electron chi connectivity index (χ0n) is 10.3. The first-order valence-corrected chi connectivity index (χ1v) is 5.61. The molecule has 0 spiro atoms. The van der Waals surface area contributed by atoms with Crippen molar-refractivity contribution in [1.82, 2.24) is 9.78 Å². The molecule has 0 unspecified atom stereocenters. The maximum atomic E-state index is 13.4. The third-order valence-electron chi connectivity index (χ3n) is 2.55. The third-order valence-corrected chi connectivity index (χ3v) is 2.55. The molecule has 1 heterocycles. The molecule has 0 fully saturated rings. The lowest BCUT2D eigenvalue weighted by molar-refractivity contribution is 0.102. The number of nitrogens with one attached hydrogen (secondary N) is 1. The minimum atomic E-state index is -1.67. The molecule has 1 aromatic carbocycles. The van der Waals surface area contributed by atoms with Crippen LogP contribution in [0.15, 0.2) is 18.3 Å². The Morgan fingerprint density at radius 1 is 1.25 bits per heavy atom. The quantitative estimate of drug-likeness (QED) is 0.697. The Morgan fingerprint density at radius 3 is 2.35 bits per heavy atom. The Kier molecular flexibility index (Phi) is 3.73. The van der Waals surface area contributed by atoms with Gasteiger partial charge < -0.3 is 5.32 Å². The van der Waals surface area contributed by atoms with E-state index in [0.717, 1.165) is 0 Å². The fourth-order valence-electron chi connectivity index (χ4n) is 1.52. The van der Waals surface area contributed by atoms with Gasteiger partial charge in [0, 0.05) is 18.8 Å². The summed E-state index contributed by atoms with van der Waals surface area (Å²) in [5.41, 5.74) is -1.31. The van der Waals surface area contributed by atoms with Crippen LogP contribution in [0.5, 0.6) is 0 Å². The molecule has 2 rings (SSSR count). The van der Waals surface area contributed by atoms with Crippen LogP contribution in [0.4, 0.5) is 23.2 Å². The molecule has 0 radical (unpaired) electrons.